The topological polar surface area (TPSA) is 104 Å². The van der Waals surface area contributed by atoms with Gasteiger partial charge in [0.05, 0.1) is 16.3 Å². The highest BCUT2D eigenvalue weighted by Gasteiger charge is 2.57. The van der Waals surface area contributed by atoms with Crippen molar-refractivity contribution in [3.05, 3.63) is 45.8 Å². The van der Waals surface area contributed by atoms with Gasteiger partial charge in [-0.3, -0.25) is 9.69 Å². The lowest BCUT2D eigenvalue weighted by molar-refractivity contribution is -0.156. The SMILES string of the molecule is C[C@H](O)[C@@H]1C(=O)N2C(C(=O)O)=C(SCC(N)Cc3ccccc3)S[C@H]12. The van der Waals surface area contributed by atoms with Crippen LogP contribution in [-0.4, -0.2) is 50.3 Å². The van der Waals surface area contributed by atoms with Crippen LogP contribution in [0.15, 0.2) is 40.3 Å². The van der Waals surface area contributed by atoms with Crippen molar-refractivity contribution in [1.29, 1.82) is 0 Å². The highest BCUT2D eigenvalue weighted by molar-refractivity contribution is 8.22. The van der Waals surface area contributed by atoms with Crippen molar-refractivity contribution in [2.24, 2.45) is 11.7 Å². The minimum Gasteiger partial charge on any atom is -0.477 e. The maximum Gasteiger partial charge on any atom is 0.354 e. The Bertz CT molecular complexity index is 708. The lowest BCUT2D eigenvalue weighted by Gasteiger charge is -2.43. The molecule has 0 radical (unpaired) electrons. The van der Waals surface area contributed by atoms with Gasteiger partial charge in [0, 0.05) is 11.8 Å². The van der Waals surface area contributed by atoms with E-state index in [0.717, 1.165) is 5.56 Å². The van der Waals surface area contributed by atoms with E-state index in [1.54, 1.807) is 6.92 Å². The summed E-state index contributed by atoms with van der Waals surface area (Å²) < 4.78 is 0.595. The molecule has 4 atom stereocenters. The van der Waals surface area contributed by atoms with Gasteiger partial charge in [-0.15, -0.1) is 11.8 Å². The second-order valence-electron chi connectivity index (χ2n) is 6.19. The number of aliphatic carboxylic acids is 1. The normalized spacial score (nSPS) is 24.8. The Balaban J connectivity index is 1.65. The summed E-state index contributed by atoms with van der Waals surface area (Å²) >= 11 is 2.71. The number of nitrogens with zero attached hydrogens (tertiary/aromatic N) is 1. The predicted octanol–water partition coefficient (Wildman–Crippen LogP) is 1.46. The molecule has 4 N–H and O–H groups in total. The van der Waals surface area contributed by atoms with Crippen LogP contribution in [0.4, 0.5) is 0 Å². The molecule has 1 unspecified atom stereocenters. The van der Waals surface area contributed by atoms with Crippen LogP contribution in [0.25, 0.3) is 0 Å². The zero-order valence-electron chi connectivity index (χ0n) is 13.7. The first kappa shape index (κ1) is 18.3. The third-order valence-electron chi connectivity index (χ3n) is 4.24. The van der Waals surface area contributed by atoms with Gasteiger partial charge in [-0.2, -0.15) is 0 Å². The number of aliphatic hydroxyl groups excluding tert-OH is 1. The van der Waals surface area contributed by atoms with Crippen molar-refractivity contribution in [3.8, 4) is 0 Å². The molecule has 1 amide bonds. The molecule has 0 bridgehead atoms. The van der Waals surface area contributed by atoms with Crippen molar-refractivity contribution < 1.29 is 19.8 Å². The van der Waals surface area contributed by atoms with Crippen molar-refractivity contribution in [2.75, 3.05) is 5.75 Å². The molecule has 0 aromatic heterocycles. The summed E-state index contributed by atoms with van der Waals surface area (Å²) in [5, 5.41) is 18.9. The molecule has 2 aliphatic heterocycles. The molecule has 3 rings (SSSR count). The Labute approximate surface area is 154 Å². The van der Waals surface area contributed by atoms with E-state index in [1.165, 1.54) is 28.4 Å². The zero-order chi connectivity index (χ0) is 18.1. The number of carboxylic acid groups (broad SMARTS) is 1. The Morgan fingerprint density at radius 2 is 2.08 bits per heavy atom. The number of aliphatic hydroxyl groups is 1. The zero-order valence-corrected chi connectivity index (χ0v) is 15.3. The van der Waals surface area contributed by atoms with Crippen LogP contribution in [0, 0.1) is 5.92 Å². The van der Waals surface area contributed by atoms with Gasteiger partial charge in [0.2, 0.25) is 5.91 Å². The van der Waals surface area contributed by atoms with Crippen LogP contribution < -0.4 is 5.73 Å². The van der Waals surface area contributed by atoms with Crippen LogP contribution in [0.1, 0.15) is 12.5 Å². The van der Waals surface area contributed by atoms with Crippen molar-refractivity contribution >= 4 is 35.4 Å². The van der Waals surface area contributed by atoms with E-state index in [-0.39, 0.29) is 23.0 Å². The summed E-state index contributed by atoms with van der Waals surface area (Å²) in [6.45, 7) is 1.56. The molecule has 1 saturated heterocycles. The third kappa shape index (κ3) is 3.57. The van der Waals surface area contributed by atoms with Crippen LogP contribution in [0.2, 0.25) is 0 Å². The van der Waals surface area contributed by atoms with Crippen molar-refractivity contribution in [3.63, 3.8) is 0 Å². The maximum atomic E-state index is 12.1. The summed E-state index contributed by atoms with van der Waals surface area (Å²) in [6, 6.07) is 9.76. The van der Waals surface area contributed by atoms with E-state index in [0.29, 0.717) is 16.4 Å². The van der Waals surface area contributed by atoms with E-state index in [9.17, 15) is 19.8 Å². The molecule has 2 aliphatic rings. The molecule has 2 heterocycles. The van der Waals surface area contributed by atoms with Gasteiger partial charge in [0.1, 0.15) is 5.37 Å². The number of amides is 1. The number of thioether (sulfide) groups is 2. The molecule has 0 aliphatic carbocycles. The first-order chi connectivity index (χ1) is 11.9. The Morgan fingerprint density at radius 3 is 2.68 bits per heavy atom. The number of hydrogen-bond donors (Lipinski definition) is 3. The standard InChI is InChI=1S/C17H20N2O4S2/c1-9(20)12-14(21)19-13(16(22)23)17(25-15(12)19)24-8-11(18)7-10-5-3-2-4-6-10/h2-6,9,11-12,15,20H,7-8,18H2,1H3,(H,22,23)/t9-,11?,12+,15+/m0/s1. The molecule has 1 aromatic rings. The monoisotopic (exact) mass is 380 g/mol. The molecule has 25 heavy (non-hydrogen) atoms. The first-order valence-electron chi connectivity index (χ1n) is 7.97. The molecule has 1 aromatic carbocycles. The van der Waals surface area contributed by atoms with E-state index in [2.05, 4.69) is 0 Å². The average Bonchev–Trinajstić information content (AvgIpc) is 2.88. The highest BCUT2D eigenvalue weighted by atomic mass is 32.2. The quantitative estimate of drug-likeness (QED) is 0.615. The third-order valence-corrected chi connectivity index (χ3v) is 7.08. The fourth-order valence-corrected chi connectivity index (χ4v) is 5.91. The van der Waals surface area contributed by atoms with Gasteiger partial charge < -0.3 is 15.9 Å². The van der Waals surface area contributed by atoms with E-state index >= 15 is 0 Å². The van der Waals surface area contributed by atoms with E-state index in [4.69, 9.17) is 5.73 Å². The summed E-state index contributed by atoms with van der Waals surface area (Å²) in [5.41, 5.74) is 7.33. The lowest BCUT2D eigenvalue weighted by Crippen LogP contribution is -2.60. The molecular weight excluding hydrogens is 360 g/mol. The van der Waals surface area contributed by atoms with Gasteiger partial charge >= 0.3 is 5.97 Å². The number of carboxylic acids is 1. The van der Waals surface area contributed by atoms with Gasteiger partial charge in [-0.1, -0.05) is 42.1 Å². The van der Waals surface area contributed by atoms with Gasteiger partial charge in [-0.25, -0.2) is 4.79 Å². The van der Waals surface area contributed by atoms with Gasteiger partial charge in [0.15, 0.2) is 5.70 Å². The Hall–Kier alpha value is -1.48. The van der Waals surface area contributed by atoms with Gasteiger partial charge in [0.25, 0.3) is 0 Å². The minimum atomic E-state index is -1.12. The number of carbonyl (C=O) groups is 2. The maximum absolute atomic E-state index is 12.1. The van der Waals surface area contributed by atoms with E-state index in [1.807, 2.05) is 30.3 Å². The number of rotatable bonds is 7. The molecular formula is C17H20N2O4S2. The molecule has 0 spiro atoms. The van der Waals surface area contributed by atoms with Crippen LogP contribution in [0.3, 0.4) is 0 Å². The minimum absolute atomic E-state index is 0.0220. The number of carbonyl (C=O) groups excluding carboxylic acids is 1. The second-order valence-corrected chi connectivity index (χ2v) is 8.60. The summed E-state index contributed by atoms with van der Waals surface area (Å²) in [7, 11) is 0. The lowest BCUT2D eigenvalue weighted by atomic mass is 9.92. The fourth-order valence-electron chi connectivity index (χ4n) is 3.01. The average molecular weight is 380 g/mol. The Morgan fingerprint density at radius 1 is 1.40 bits per heavy atom. The van der Waals surface area contributed by atoms with Crippen LogP contribution in [-0.2, 0) is 16.0 Å². The number of β-lactam (4-membered cyclic amide) rings is 1. The molecule has 6 nitrogen and oxygen atoms in total. The van der Waals surface area contributed by atoms with Crippen molar-refractivity contribution in [1.82, 2.24) is 4.90 Å². The molecule has 1 fully saturated rings. The van der Waals surface area contributed by atoms with E-state index < -0.39 is 18.0 Å². The summed E-state index contributed by atoms with van der Waals surface area (Å²) in [4.78, 5) is 25.0. The second kappa shape index (κ2) is 7.41. The summed E-state index contributed by atoms with van der Waals surface area (Å²) in [6.07, 6.45) is -0.0858. The Kier molecular flexibility index (Phi) is 5.43. The predicted molar refractivity (Wildman–Crippen MR) is 98.6 cm³/mol. The first-order valence-corrected chi connectivity index (χ1v) is 9.84. The smallest absolute Gasteiger partial charge is 0.354 e. The molecule has 134 valence electrons. The number of fused-ring (bicyclic) bond motifs is 1. The number of hydrogen-bond acceptors (Lipinski definition) is 6. The number of nitrogens with two attached hydrogens (primary N) is 1. The van der Waals surface area contributed by atoms with Gasteiger partial charge in [-0.05, 0) is 18.9 Å². The molecule has 0 saturated carbocycles. The fraction of sp³-hybridized carbons (Fsp3) is 0.412. The largest absolute Gasteiger partial charge is 0.477 e. The number of benzene rings is 1. The summed E-state index contributed by atoms with van der Waals surface area (Å²) in [5.74, 6) is -1.43. The van der Waals surface area contributed by atoms with Crippen LogP contribution >= 0.6 is 23.5 Å². The molecule has 8 heteroatoms. The van der Waals surface area contributed by atoms with Crippen LogP contribution in [0.5, 0.6) is 0 Å². The highest BCUT2D eigenvalue weighted by Crippen LogP contribution is 2.53. The van der Waals surface area contributed by atoms with Crippen molar-refractivity contribution in [2.45, 2.75) is 30.9 Å².